The Hall–Kier alpha value is -1.75. The Balaban J connectivity index is 1.40. The van der Waals surface area contributed by atoms with Gasteiger partial charge in [-0.15, -0.1) is 0 Å². The number of nitrogens with zero attached hydrogens (tertiary/aromatic N) is 2. The fourth-order valence-corrected chi connectivity index (χ4v) is 2.78. The molecule has 1 saturated carbocycles. The summed E-state index contributed by atoms with van der Waals surface area (Å²) in [4.78, 5) is 16.4. The summed E-state index contributed by atoms with van der Waals surface area (Å²) in [5.41, 5.74) is 1.30. The summed E-state index contributed by atoms with van der Waals surface area (Å²) in [6.45, 7) is 4.61. The number of benzene rings is 1. The van der Waals surface area contributed by atoms with E-state index in [0.29, 0.717) is 6.04 Å². The Kier molecular flexibility index (Phi) is 4.83. The van der Waals surface area contributed by atoms with Crippen molar-refractivity contribution >= 4 is 6.03 Å². The molecule has 2 fully saturated rings. The summed E-state index contributed by atoms with van der Waals surface area (Å²) in [7, 11) is 1.70. The molecule has 0 atom stereocenters. The first-order chi connectivity index (χ1) is 10.7. The monoisotopic (exact) mass is 303 g/mol. The van der Waals surface area contributed by atoms with Gasteiger partial charge in [-0.05, 0) is 37.0 Å². The number of hydrogen-bond donors (Lipinski definition) is 1. The minimum atomic E-state index is 0.120. The van der Waals surface area contributed by atoms with Crippen LogP contribution in [-0.2, 0) is 6.42 Å². The van der Waals surface area contributed by atoms with E-state index in [2.05, 4.69) is 22.3 Å². The number of carbonyl (C=O) groups is 1. The number of amides is 2. The third-order valence-electron chi connectivity index (χ3n) is 4.42. The van der Waals surface area contributed by atoms with Crippen LogP contribution < -0.4 is 10.1 Å². The predicted molar refractivity (Wildman–Crippen MR) is 86.3 cm³/mol. The molecule has 1 aromatic carbocycles. The maximum absolute atomic E-state index is 12.0. The molecule has 0 unspecified atom stereocenters. The smallest absolute Gasteiger partial charge is 0.317 e. The summed E-state index contributed by atoms with van der Waals surface area (Å²) >= 11 is 0. The predicted octanol–water partition coefficient (Wildman–Crippen LogP) is 1.73. The van der Waals surface area contributed by atoms with Crippen LogP contribution in [0.5, 0.6) is 5.75 Å². The summed E-state index contributed by atoms with van der Waals surface area (Å²) in [5, 5.41) is 3.06. The second kappa shape index (κ2) is 7.01. The zero-order valence-corrected chi connectivity index (χ0v) is 13.3. The third kappa shape index (κ3) is 4.13. The van der Waals surface area contributed by atoms with Gasteiger partial charge in [-0.1, -0.05) is 12.1 Å². The van der Waals surface area contributed by atoms with Crippen LogP contribution in [0.15, 0.2) is 24.3 Å². The molecule has 22 heavy (non-hydrogen) atoms. The second-order valence-electron chi connectivity index (χ2n) is 6.15. The van der Waals surface area contributed by atoms with Crippen LogP contribution in [0.2, 0.25) is 0 Å². The van der Waals surface area contributed by atoms with Crippen LogP contribution in [0, 0.1) is 0 Å². The van der Waals surface area contributed by atoms with E-state index in [9.17, 15) is 4.79 Å². The highest BCUT2D eigenvalue weighted by Crippen LogP contribution is 2.19. The van der Waals surface area contributed by atoms with Gasteiger partial charge in [0.15, 0.2) is 0 Å². The lowest BCUT2D eigenvalue weighted by Gasteiger charge is -2.34. The number of piperazine rings is 1. The average molecular weight is 303 g/mol. The van der Waals surface area contributed by atoms with Gasteiger partial charge in [0.1, 0.15) is 5.75 Å². The van der Waals surface area contributed by atoms with Crippen molar-refractivity contribution < 1.29 is 9.53 Å². The quantitative estimate of drug-likeness (QED) is 0.901. The summed E-state index contributed by atoms with van der Waals surface area (Å²) in [6, 6.07) is 8.81. The Labute approximate surface area is 132 Å². The standard InChI is InChI=1S/C17H25N3O2/c1-22-16-4-2-3-14(13-16)7-8-19-9-11-20(12-10-19)17(21)18-15-5-6-15/h2-4,13,15H,5-12H2,1H3,(H,18,21). The SMILES string of the molecule is COc1cccc(CCN2CCN(C(=O)NC3CC3)CC2)c1. The molecule has 5 nitrogen and oxygen atoms in total. The Morgan fingerprint density at radius 3 is 2.73 bits per heavy atom. The fourth-order valence-electron chi connectivity index (χ4n) is 2.78. The van der Waals surface area contributed by atoms with Gasteiger partial charge in [0.25, 0.3) is 0 Å². The van der Waals surface area contributed by atoms with E-state index < -0.39 is 0 Å². The normalized spacial score (nSPS) is 19.0. The molecule has 1 N–H and O–H groups in total. The van der Waals surface area contributed by atoms with Crippen molar-refractivity contribution in [3.8, 4) is 5.75 Å². The van der Waals surface area contributed by atoms with E-state index >= 15 is 0 Å². The molecule has 3 rings (SSSR count). The molecular formula is C17H25N3O2. The van der Waals surface area contributed by atoms with Crippen molar-refractivity contribution in [1.29, 1.82) is 0 Å². The summed E-state index contributed by atoms with van der Waals surface area (Å²) in [5.74, 6) is 0.916. The molecule has 1 aliphatic carbocycles. The lowest BCUT2D eigenvalue weighted by atomic mass is 10.1. The number of rotatable bonds is 5. The van der Waals surface area contributed by atoms with Crippen molar-refractivity contribution in [1.82, 2.24) is 15.1 Å². The molecule has 0 radical (unpaired) electrons. The van der Waals surface area contributed by atoms with Gasteiger partial charge in [-0.2, -0.15) is 0 Å². The number of carbonyl (C=O) groups excluding carboxylic acids is 1. The van der Waals surface area contributed by atoms with Crippen molar-refractivity contribution in [2.24, 2.45) is 0 Å². The first-order valence-corrected chi connectivity index (χ1v) is 8.15. The zero-order valence-electron chi connectivity index (χ0n) is 13.3. The Morgan fingerprint density at radius 2 is 2.05 bits per heavy atom. The fraction of sp³-hybridized carbons (Fsp3) is 0.588. The number of methoxy groups -OCH3 is 1. The van der Waals surface area contributed by atoms with E-state index in [-0.39, 0.29) is 6.03 Å². The van der Waals surface area contributed by atoms with E-state index in [1.165, 1.54) is 5.56 Å². The van der Waals surface area contributed by atoms with Crippen LogP contribution >= 0.6 is 0 Å². The zero-order chi connectivity index (χ0) is 15.4. The highest BCUT2D eigenvalue weighted by Gasteiger charge is 2.27. The number of hydrogen-bond acceptors (Lipinski definition) is 3. The molecule has 1 aromatic rings. The van der Waals surface area contributed by atoms with E-state index in [1.54, 1.807) is 7.11 Å². The van der Waals surface area contributed by atoms with Gasteiger partial charge in [0, 0.05) is 38.8 Å². The van der Waals surface area contributed by atoms with E-state index in [4.69, 9.17) is 4.74 Å². The minimum Gasteiger partial charge on any atom is -0.497 e. The second-order valence-corrected chi connectivity index (χ2v) is 6.15. The highest BCUT2D eigenvalue weighted by atomic mass is 16.5. The van der Waals surface area contributed by atoms with Gasteiger partial charge < -0.3 is 15.0 Å². The van der Waals surface area contributed by atoms with E-state index in [0.717, 1.165) is 57.7 Å². The highest BCUT2D eigenvalue weighted by molar-refractivity contribution is 5.75. The minimum absolute atomic E-state index is 0.120. The maximum atomic E-state index is 12.0. The van der Waals surface area contributed by atoms with Crippen molar-refractivity contribution in [2.45, 2.75) is 25.3 Å². The van der Waals surface area contributed by atoms with Crippen LogP contribution in [0.3, 0.4) is 0 Å². The lowest BCUT2D eigenvalue weighted by molar-refractivity contribution is 0.140. The van der Waals surface area contributed by atoms with Crippen molar-refractivity contribution in [2.75, 3.05) is 39.8 Å². The molecule has 0 bridgehead atoms. The van der Waals surface area contributed by atoms with Crippen LogP contribution in [0.4, 0.5) is 4.79 Å². The molecule has 1 heterocycles. The summed E-state index contributed by atoms with van der Waals surface area (Å²) in [6.07, 6.45) is 3.31. The molecule has 2 aliphatic rings. The number of nitrogens with one attached hydrogen (secondary N) is 1. The van der Waals surface area contributed by atoms with Gasteiger partial charge in [-0.25, -0.2) is 4.79 Å². The Bertz CT molecular complexity index is 508. The average Bonchev–Trinajstić information content (AvgIpc) is 3.37. The first-order valence-electron chi connectivity index (χ1n) is 8.15. The van der Waals surface area contributed by atoms with Gasteiger partial charge in [0.05, 0.1) is 7.11 Å². The molecule has 5 heteroatoms. The number of ether oxygens (including phenoxy) is 1. The first kappa shape index (κ1) is 15.2. The van der Waals surface area contributed by atoms with Crippen molar-refractivity contribution in [3.05, 3.63) is 29.8 Å². The summed E-state index contributed by atoms with van der Waals surface area (Å²) < 4.78 is 5.26. The van der Waals surface area contributed by atoms with E-state index in [1.807, 2.05) is 17.0 Å². The molecule has 1 saturated heterocycles. The molecule has 2 amide bonds. The lowest BCUT2D eigenvalue weighted by Crippen LogP contribution is -2.52. The molecule has 1 aliphatic heterocycles. The largest absolute Gasteiger partial charge is 0.497 e. The molecule has 120 valence electrons. The van der Waals surface area contributed by atoms with Gasteiger partial charge >= 0.3 is 6.03 Å². The molecule has 0 spiro atoms. The number of urea groups is 1. The van der Waals surface area contributed by atoms with Crippen LogP contribution in [0.1, 0.15) is 18.4 Å². The van der Waals surface area contributed by atoms with Crippen LogP contribution in [0.25, 0.3) is 0 Å². The molecule has 0 aromatic heterocycles. The molecular weight excluding hydrogens is 278 g/mol. The van der Waals surface area contributed by atoms with Crippen LogP contribution in [-0.4, -0.2) is 61.7 Å². The topological polar surface area (TPSA) is 44.8 Å². The van der Waals surface area contributed by atoms with Gasteiger partial charge in [-0.3, -0.25) is 4.90 Å². The third-order valence-corrected chi connectivity index (χ3v) is 4.42. The van der Waals surface area contributed by atoms with Gasteiger partial charge in [0.2, 0.25) is 0 Å². The Morgan fingerprint density at radius 1 is 1.27 bits per heavy atom. The maximum Gasteiger partial charge on any atom is 0.317 e. The van der Waals surface area contributed by atoms with Crippen molar-refractivity contribution in [3.63, 3.8) is 0 Å².